The van der Waals surface area contributed by atoms with Crippen molar-refractivity contribution in [1.82, 2.24) is 10.6 Å². The number of hydrogen-bond acceptors (Lipinski definition) is 3. The van der Waals surface area contributed by atoms with Crippen LogP contribution in [-0.4, -0.2) is 31.2 Å². The van der Waals surface area contributed by atoms with Gasteiger partial charge in [0.25, 0.3) is 0 Å². The number of carbonyl (C=O) groups is 2. The molecule has 21 heavy (non-hydrogen) atoms. The lowest BCUT2D eigenvalue weighted by molar-refractivity contribution is -0.144. The summed E-state index contributed by atoms with van der Waals surface area (Å²) in [5, 5.41) is 5.61. The highest BCUT2D eigenvalue weighted by Gasteiger charge is 2.26. The predicted octanol–water partition coefficient (Wildman–Crippen LogP) is 3.09. The molecule has 0 fully saturated rings. The zero-order valence-corrected chi connectivity index (χ0v) is 14.4. The van der Waals surface area contributed by atoms with E-state index in [1.54, 1.807) is 0 Å². The predicted molar refractivity (Wildman–Crippen MR) is 85.1 cm³/mol. The molecule has 2 N–H and O–H groups in total. The number of nitrogens with one attached hydrogen (secondary N) is 2. The van der Waals surface area contributed by atoms with Crippen molar-refractivity contribution in [1.29, 1.82) is 0 Å². The number of ether oxygens (including phenoxy) is 1. The average Bonchev–Trinajstić information content (AvgIpc) is 2.42. The third-order valence-corrected chi connectivity index (χ3v) is 3.75. The van der Waals surface area contributed by atoms with Crippen LogP contribution in [0, 0.1) is 11.8 Å². The number of esters is 1. The summed E-state index contributed by atoms with van der Waals surface area (Å²) in [6.45, 7) is 10.3. The molecule has 0 spiro atoms. The summed E-state index contributed by atoms with van der Waals surface area (Å²) >= 11 is 0. The number of carbonyl (C=O) groups excluding carboxylic acids is 2. The lowest BCUT2D eigenvalue weighted by Gasteiger charge is -2.23. The molecule has 0 aliphatic carbocycles. The summed E-state index contributed by atoms with van der Waals surface area (Å²) in [4.78, 5) is 23.7. The van der Waals surface area contributed by atoms with Gasteiger partial charge in [-0.3, -0.25) is 0 Å². The van der Waals surface area contributed by atoms with Gasteiger partial charge in [-0.25, -0.2) is 9.59 Å². The molecule has 0 aromatic heterocycles. The van der Waals surface area contributed by atoms with E-state index in [4.69, 9.17) is 4.74 Å². The Morgan fingerprint density at radius 3 is 2.14 bits per heavy atom. The maximum absolute atomic E-state index is 12.0. The van der Waals surface area contributed by atoms with Crippen LogP contribution < -0.4 is 10.6 Å². The Balaban J connectivity index is 4.27. The third-order valence-electron chi connectivity index (χ3n) is 3.75. The highest BCUT2D eigenvalue weighted by atomic mass is 16.5. The molecule has 0 aliphatic rings. The Bertz CT molecular complexity index is 319. The Hall–Kier alpha value is -1.26. The average molecular weight is 300 g/mol. The van der Waals surface area contributed by atoms with Gasteiger partial charge in [-0.05, 0) is 25.2 Å². The SMILES string of the molecule is CC[C@H](C)[C@H](NC(=O)N[C@H](C)CCCC(C)C)C(=O)OC. The van der Waals surface area contributed by atoms with Gasteiger partial charge in [-0.15, -0.1) is 0 Å². The van der Waals surface area contributed by atoms with Crippen molar-refractivity contribution in [2.45, 2.75) is 72.4 Å². The fourth-order valence-corrected chi connectivity index (χ4v) is 2.11. The molecule has 0 aromatic rings. The Labute approximate surface area is 129 Å². The summed E-state index contributed by atoms with van der Waals surface area (Å²) in [7, 11) is 1.34. The van der Waals surface area contributed by atoms with Crippen LogP contribution in [0.15, 0.2) is 0 Å². The lowest BCUT2D eigenvalue weighted by Crippen LogP contribution is -2.51. The second kappa shape index (κ2) is 10.5. The molecule has 0 rings (SSSR count). The molecule has 0 unspecified atom stereocenters. The van der Waals surface area contributed by atoms with Crippen LogP contribution in [0.1, 0.15) is 60.3 Å². The zero-order valence-electron chi connectivity index (χ0n) is 14.4. The van der Waals surface area contributed by atoms with Crippen LogP contribution in [0.4, 0.5) is 4.79 Å². The molecule has 0 radical (unpaired) electrons. The van der Waals surface area contributed by atoms with E-state index in [1.165, 1.54) is 7.11 Å². The van der Waals surface area contributed by atoms with Crippen molar-refractivity contribution in [2.75, 3.05) is 7.11 Å². The van der Waals surface area contributed by atoms with Gasteiger partial charge in [0.2, 0.25) is 0 Å². The second-order valence-corrected chi connectivity index (χ2v) is 6.23. The molecule has 0 aromatic carbocycles. The molecule has 5 nitrogen and oxygen atoms in total. The summed E-state index contributed by atoms with van der Waals surface area (Å²) in [5.74, 6) is 0.326. The molecule has 3 atom stereocenters. The molecule has 0 heterocycles. The quantitative estimate of drug-likeness (QED) is 0.643. The highest BCUT2D eigenvalue weighted by molar-refractivity contribution is 5.83. The molecule has 2 amide bonds. The van der Waals surface area contributed by atoms with E-state index in [-0.39, 0.29) is 18.0 Å². The summed E-state index contributed by atoms with van der Waals surface area (Å²) in [5.41, 5.74) is 0. The van der Waals surface area contributed by atoms with Crippen LogP contribution in [-0.2, 0) is 9.53 Å². The van der Waals surface area contributed by atoms with E-state index < -0.39 is 12.0 Å². The normalized spacial score (nSPS) is 15.2. The Morgan fingerprint density at radius 2 is 1.67 bits per heavy atom. The molecule has 5 heteroatoms. The Morgan fingerprint density at radius 1 is 1.05 bits per heavy atom. The van der Waals surface area contributed by atoms with Crippen molar-refractivity contribution in [2.24, 2.45) is 11.8 Å². The van der Waals surface area contributed by atoms with Gasteiger partial charge in [0, 0.05) is 6.04 Å². The van der Waals surface area contributed by atoms with Crippen molar-refractivity contribution in [3.05, 3.63) is 0 Å². The third kappa shape index (κ3) is 8.58. The van der Waals surface area contributed by atoms with Crippen molar-refractivity contribution in [3.63, 3.8) is 0 Å². The summed E-state index contributed by atoms with van der Waals surface area (Å²) < 4.78 is 4.75. The Kier molecular flexibility index (Phi) is 9.84. The van der Waals surface area contributed by atoms with Gasteiger partial charge >= 0.3 is 12.0 Å². The fraction of sp³-hybridized carbons (Fsp3) is 0.875. The van der Waals surface area contributed by atoms with Gasteiger partial charge in [-0.2, -0.15) is 0 Å². The minimum atomic E-state index is -0.595. The monoisotopic (exact) mass is 300 g/mol. The molecule has 0 saturated heterocycles. The van der Waals surface area contributed by atoms with E-state index in [0.29, 0.717) is 5.92 Å². The van der Waals surface area contributed by atoms with Crippen LogP contribution in [0.25, 0.3) is 0 Å². The smallest absolute Gasteiger partial charge is 0.328 e. The van der Waals surface area contributed by atoms with Crippen molar-refractivity contribution < 1.29 is 14.3 Å². The maximum Gasteiger partial charge on any atom is 0.328 e. The first kappa shape index (κ1) is 19.7. The largest absolute Gasteiger partial charge is 0.467 e. The first-order valence-corrected chi connectivity index (χ1v) is 7.96. The van der Waals surface area contributed by atoms with E-state index in [1.807, 2.05) is 20.8 Å². The summed E-state index contributed by atoms with van der Waals surface area (Å²) in [6.07, 6.45) is 3.98. The number of rotatable bonds is 9. The van der Waals surface area contributed by atoms with E-state index in [2.05, 4.69) is 24.5 Å². The highest BCUT2D eigenvalue weighted by Crippen LogP contribution is 2.10. The molecule has 0 saturated carbocycles. The van der Waals surface area contributed by atoms with Gasteiger partial charge in [0.05, 0.1) is 7.11 Å². The molecule has 0 bridgehead atoms. The minimum absolute atomic E-state index is 0.0412. The van der Waals surface area contributed by atoms with E-state index in [0.717, 1.165) is 25.7 Å². The van der Waals surface area contributed by atoms with Gasteiger partial charge in [-0.1, -0.05) is 47.0 Å². The van der Waals surface area contributed by atoms with E-state index in [9.17, 15) is 9.59 Å². The molecular formula is C16H32N2O3. The molecule has 0 aliphatic heterocycles. The standard InChI is InChI=1S/C16H32N2O3/c1-7-12(4)14(15(19)21-6)18-16(20)17-13(5)10-8-9-11(2)3/h11-14H,7-10H2,1-6H3,(H2,17,18,20)/t12-,13+,14-/m0/s1. The topological polar surface area (TPSA) is 67.4 Å². The first-order valence-electron chi connectivity index (χ1n) is 7.96. The van der Waals surface area contributed by atoms with Gasteiger partial charge < -0.3 is 15.4 Å². The molecular weight excluding hydrogens is 268 g/mol. The van der Waals surface area contributed by atoms with Crippen LogP contribution in [0.5, 0.6) is 0 Å². The maximum atomic E-state index is 12.0. The number of methoxy groups -OCH3 is 1. The number of hydrogen-bond donors (Lipinski definition) is 2. The van der Waals surface area contributed by atoms with Crippen molar-refractivity contribution in [3.8, 4) is 0 Å². The zero-order chi connectivity index (χ0) is 16.4. The second-order valence-electron chi connectivity index (χ2n) is 6.23. The fourth-order valence-electron chi connectivity index (χ4n) is 2.11. The van der Waals surface area contributed by atoms with Crippen LogP contribution in [0.2, 0.25) is 0 Å². The van der Waals surface area contributed by atoms with Crippen molar-refractivity contribution >= 4 is 12.0 Å². The van der Waals surface area contributed by atoms with Gasteiger partial charge in [0.1, 0.15) is 6.04 Å². The van der Waals surface area contributed by atoms with Gasteiger partial charge in [0.15, 0.2) is 0 Å². The minimum Gasteiger partial charge on any atom is -0.467 e. The van der Waals surface area contributed by atoms with E-state index >= 15 is 0 Å². The number of urea groups is 1. The molecule has 124 valence electrons. The summed E-state index contributed by atoms with van der Waals surface area (Å²) in [6, 6.07) is -0.801. The number of amides is 2. The van der Waals surface area contributed by atoms with Crippen LogP contribution >= 0.6 is 0 Å². The van der Waals surface area contributed by atoms with Crippen LogP contribution in [0.3, 0.4) is 0 Å². The lowest BCUT2D eigenvalue weighted by atomic mass is 9.99. The first-order chi connectivity index (χ1) is 9.81.